The fraction of sp³-hybridized carbons (Fsp3) is 0.294. The Morgan fingerprint density at radius 1 is 0.950 bits per heavy atom. The zero-order valence-electron chi connectivity index (χ0n) is 11.6. The first-order valence-corrected chi connectivity index (χ1v) is 6.86. The Balaban J connectivity index is 0.00000147. The van der Waals surface area contributed by atoms with Gasteiger partial charge in [-0.25, -0.2) is 0 Å². The second-order valence-corrected chi connectivity index (χ2v) is 5.15. The van der Waals surface area contributed by atoms with Crippen molar-refractivity contribution >= 4 is 14.1 Å². The van der Waals surface area contributed by atoms with Crippen molar-refractivity contribution in [1.82, 2.24) is 0 Å². The molecule has 0 saturated carbocycles. The molecule has 1 N–H and O–H groups in total. The van der Waals surface area contributed by atoms with Crippen LogP contribution in [0.25, 0.3) is 0 Å². The lowest BCUT2D eigenvalue weighted by atomic mass is 9.87. The van der Waals surface area contributed by atoms with Crippen molar-refractivity contribution in [1.29, 1.82) is 0 Å². The summed E-state index contributed by atoms with van der Waals surface area (Å²) in [5.74, 6) is 0. The zero-order chi connectivity index (χ0) is 13.1. The van der Waals surface area contributed by atoms with Crippen molar-refractivity contribution in [2.24, 2.45) is 0 Å². The van der Waals surface area contributed by atoms with E-state index in [-0.39, 0.29) is 20.6 Å². The van der Waals surface area contributed by atoms with E-state index in [0.29, 0.717) is 0 Å². The van der Waals surface area contributed by atoms with Crippen molar-refractivity contribution in [3.63, 3.8) is 0 Å². The van der Waals surface area contributed by atoms with Crippen molar-refractivity contribution in [2.75, 3.05) is 18.1 Å². The Hall–Kier alpha value is -1.74. The molecule has 0 amide bonds. The molecule has 1 aliphatic rings. The molecule has 1 heterocycles. The molecule has 0 unspecified atom stereocenters. The van der Waals surface area contributed by atoms with E-state index in [4.69, 9.17) is 0 Å². The Bertz CT molecular complexity index is 531. The lowest BCUT2D eigenvalue weighted by Gasteiger charge is -2.39. The quantitative estimate of drug-likeness (QED) is 0.862. The summed E-state index contributed by atoms with van der Waals surface area (Å²) in [5.41, 5.74) is 2.14. The van der Waals surface area contributed by atoms with Gasteiger partial charge in [0.15, 0.2) is 0 Å². The molecule has 2 aromatic carbocycles. The standard InChI is InChI=1S/C17H19NO.B/c19-14-17(15-8-3-1-4-9-15)12-7-13-18(17)16-10-5-2-6-11-16;/h1-6,8-11,19H,7,12-14H2;/t17-;/m0./s1. The minimum Gasteiger partial charge on any atom is -0.394 e. The summed E-state index contributed by atoms with van der Waals surface area (Å²) in [6, 6.07) is 20.8. The van der Waals surface area contributed by atoms with E-state index in [1.54, 1.807) is 0 Å². The summed E-state index contributed by atoms with van der Waals surface area (Å²) < 4.78 is 0. The van der Waals surface area contributed by atoms with Crippen LogP contribution in [0, 0.1) is 0 Å². The molecule has 20 heavy (non-hydrogen) atoms. The number of rotatable bonds is 3. The van der Waals surface area contributed by atoms with Gasteiger partial charge in [0.2, 0.25) is 0 Å². The third kappa shape index (κ3) is 2.34. The molecule has 2 aromatic rings. The molecule has 0 bridgehead atoms. The average Bonchev–Trinajstić information content (AvgIpc) is 2.94. The van der Waals surface area contributed by atoms with Gasteiger partial charge in [-0.05, 0) is 30.5 Å². The molecule has 1 saturated heterocycles. The third-order valence-corrected chi connectivity index (χ3v) is 4.13. The van der Waals surface area contributed by atoms with E-state index in [0.717, 1.165) is 19.4 Å². The van der Waals surface area contributed by atoms with Gasteiger partial charge < -0.3 is 10.0 Å². The minimum absolute atomic E-state index is 0. The second-order valence-electron chi connectivity index (χ2n) is 5.15. The Kier molecular flexibility index (Phi) is 4.51. The Morgan fingerprint density at radius 2 is 1.55 bits per heavy atom. The van der Waals surface area contributed by atoms with E-state index in [2.05, 4.69) is 41.3 Å². The summed E-state index contributed by atoms with van der Waals surface area (Å²) in [6.45, 7) is 1.16. The van der Waals surface area contributed by atoms with Crippen molar-refractivity contribution in [3.8, 4) is 0 Å². The van der Waals surface area contributed by atoms with E-state index in [1.807, 2.05) is 24.3 Å². The molecular weight excluding hydrogens is 245 g/mol. The van der Waals surface area contributed by atoms with Crippen LogP contribution in [0.4, 0.5) is 5.69 Å². The van der Waals surface area contributed by atoms with Gasteiger partial charge in [0.1, 0.15) is 0 Å². The van der Waals surface area contributed by atoms with Crippen LogP contribution in [0.15, 0.2) is 60.7 Å². The topological polar surface area (TPSA) is 23.5 Å². The first kappa shape index (κ1) is 14.7. The second kappa shape index (κ2) is 6.14. The molecule has 3 rings (SSSR count). The summed E-state index contributed by atoms with van der Waals surface area (Å²) in [7, 11) is 0. The van der Waals surface area contributed by atoms with Gasteiger partial charge in [0.05, 0.1) is 12.1 Å². The molecule has 0 spiro atoms. The number of hydrogen-bond acceptors (Lipinski definition) is 2. The lowest BCUT2D eigenvalue weighted by Crippen LogP contribution is -2.44. The fourth-order valence-corrected chi connectivity index (χ4v) is 3.17. The highest BCUT2D eigenvalue weighted by atomic mass is 16.3. The van der Waals surface area contributed by atoms with Gasteiger partial charge in [-0.3, -0.25) is 0 Å². The molecule has 1 fully saturated rings. The maximum absolute atomic E-state index is 10.1. The van der Waals surface area contributed by atoms with Gasteiger partial charge in [-0.2, -0.15) is 0 Å². The highest BCUT2D eigenvalue weighted by Gasteiger charge is 2.41. The molecule has 1 atom stereocenters. The largest absolute Gasteiger partial charge is 0.394 e. The van der Waals surface area contributed by atoms with Crippen LogP contribution in [0.3, 0.4) is 0 Å². The van der Waals surface area contributed by atoms with Crippen LogP contribution in [0.1, 0.15) is 18.4 Å². The number of nitrogens with zero attached hydrogens (tertiary/aromatic N) is 1. The van der Waals surface area contributed by atoms with Crippen molar-refractivity contribution < 1.29 is 5.11 Å². The number of benzene rings is 2. The summed E-state index contributed by atoms with van der Waals surface area (Å²) in [6.07, 6.45) is 2.12. The van der Waals surface area contributed by atoms with E-state index >= 15 is 0 Å². The molecule has 3 heteroatoms. The Morgan fingerprint density at radius 3 is 2.15 bits per heavy atom. The number of hydrogen-bond donors (Lipinski definition) is 1. The monoisotopic (exact) mass is 264 g/mol. The van der Waals surface area contributed by atoms with Crippen LogP contribution in [0.2, 0.25) is 0 Å². The summed E-state index contributed by atoms with van der Waals surface area (Å²) >= 11 is 0. The fourth-order valence-electron chi connectivity index (χ4n) is 3.17. The number of aliphatic hydroxyl groups is 1. The smallest absolute Gasteiger partial charge is 0.0884 e. The normalized spacial score (nSPS) is 21.6. The summed E-state index contributed by atoms with van der Waals surface area (Å²) in [5, 5.41) is 10.1. The van der Waals surface area contributed by atoms with Gasteiger partial charge in [0, 0.05) is 20.6 Å². The molecule has 101 valence electrons. The van der Waals surface area contributed by atoms with Gasteiger partial charge in [-0.15, -0.1) is 0 Å². The molecule has 3 radical (unpaired) electrons. The molecule has 2 nitrogen and oxygen atoms in total. The predicted molar refractivity (Wildman–Crippen MR) is 84.0 cm³/mol. The third-order valence-electron chi connectivity index (χ3n) is 4.13. The molecule has 1 aliphatic heterocycles. The van der Waals surface area contributed by atoms with E-state index in [9.17, 15) is 5.11 Å². The number of aliphatic hydroxyl groups excluding tert-OH is 1. The molecular formula is C17H19BNO. The van der Waals surface area contributed by atoms with Crippen LogP contribution in [-0.4, -0.2) is 26.7 Å². The highest BCUT2D eigenvalue weighted by Crippen LogP contribution is 2.41. The van der Waals surface area contributed by atoms with Gasteiger partial charge >= 0.3 is 0 Å². The average molecular weight is 264 g/mol. The van der Waals surface area contributed by atoms with E-state index < -0.39 is 0 Å². The number of anilines is 1. The van der Waals surface area contributed by atoms with E-state index in [1.165, 1.54) is 11.3 Å². The van der Waals surface area contributed by atoms with Gasteiger partial charge in [0.25, 0.3) is 0 Å². The Labute approximate surface area is 122 Å². The first-order chi connectivity index (χ1) is 9.37. The number of para-hydroxylation sites is 1. The SMILES string of the molecule is OC[C@]1(c2ccccc2)CCCN1c1ccccc1.[B]. The maximum Gasteiger partial charge on any atom is 0.0884 e. The minimum atomic E-state index is -0.261. The molecule has 0 aliphatic carbocycles. The van der Waals surface area contributed by atoms with Crippen molar-refractivity contribution in [2.45, 2.75) is 18.4 Å². The lowest BCUT2D eigenvalue weighted by molar-refractivity contribution is 0.198. The first-order valence-electron chi connectivity index (χ1n) is 6.86. The van der Waals surface area contributed by atoms with Gasteiger partial charge in [-0.1, -0.05) is 48.5 Å². The van der Waals surface area contributed by atoms with Crippen LogP contribution >= 0.6 is 0 Å². The summed E-state index contributed by atoms with van der Waals surface area (Å²) in [4.78, 5) is 2.35. The highest BCUT2D eigenvalue weighted by molar-refractivity contribution is 5.75. The maximum atomic E-state index is 10.1. The van der Waals surface area contributed by atoms with Crippen LogP contribution < -0.4 is 4.90 Å². The predicted octanol–water partition coefficient (Wildman–Crippen LogP) is 2.79. The molecule has 0 aromatic heterocycles. The van der Waals surface area contributed by atoms with Crippen molar-refractivity contribution in [3.05, 3.63) is 66.2 Å². The zero-order valence-corrected chi connectivity index (χ0v) is 11.6. The van der Waals surface area contributed by atoms with Crippen LogP contribution in [-0.2, 0) is 5.54 Å². The van der Waals surface area contributed by atoms with Crippen LogP contribution in [0.5, 0.6) is 0 Å².